The van der Waals surface area contributed by atoms with E-state index in [1.54, 1.807) is 12.0 Å². The van der Waals surface area contributed by atoms with Crippen LogP contribution in [0.25, 0.3) is 0 Å². The molecule has 0 saturated carbocycles. The van der Waals surface area contributed by atoms with E-state index in [-0.39, 0.29) is 5.91 Å². The third kappa shape index (κ3) is 5.36. The smallest absolute Gasteiger partial charge is 0.253 e. The monoisotopic (exact) mass is 280 g/mol. The summed E-state index contributed by atoms with van der Waals surface area (Å²) in [4.78, 5) is 14.5. The molecular weight excluding hydrogens is 260 g/mol. The first-order valence-corrected chi connectivity index (χ1v) is 6.58. The van der Waals surface area contributed by atoms with Gasteiger partial charge in [-0.25, -0.2) is 0 Å². The summed E-state index contributed by atoms with van der Waals surface area (Å²) in [6.45, 7) is 3.51. The van der Waals surface area contributed by atoms with E-state index in [0.29, 0.717) is 36.7 Å². The molecule has 19 heavy (non-hydrogen) atoms. The van der Waals surface area contributed by atoms with Crippen LogP contribution < -0.4 is 5.73 Å². The molecule has 2 N–H and O–H groups in total. The predicted molar refractivity (Wildman–Crippen MR) is 80.4 cm³/mol. The summed E-state index contributed by atoms with van der Waals surface area (Å²) < 4.78 is 5.03. The summed E-state index contributed by atoms with van der Waals surface area (Å²) in [7, 11) is 1.61. The van der Waals surface area contributed by atoms with Crippen molar-refractivity contribution in [3.8, 4) is 0 Å². The van der Waals surface area contributed by atoms with E-state index in [4.69, 9.17) is 22.7 Å². The Kier molecular flexibility index (Phi) is 6.45. The molecule has 0 unspecified atom stereocenters. The molecule has 0 bridgehead atoms. The van der Waals surface area contributed by atoms with Gasteiger partial charge in [-0.1, -0.05) is 29.9 Å². The molecule has 104 valence electrons. The van der Waals surface area contributed by atoms with Crippen molar-refractivity contribution in [2.24, 2.45) is 5.73 Å². The number of thiocarbonyl (C=S) groups is 1. The van der Waals surface area contributed by atoms with Crippen molar-refractivity contribution >= 4 is 23.1 Å². The fraction of sp³-hybridized carbons (Fsp3) is 0.429. The largest absolute Gasteiger partial charge is 0.393 e. The third-order valence-corrected chi connectivity index (χ3v) is 2.95. The predicted octanol–water partition coefficient (Wildman–Crippen LogP) is 1.76. The maximum Gasteiger partial charge on any atom is 0.253 e. The molecule has 0 aliphatic carbocycles. The number of carbonyl (C=O) groups is 1. The topological polar surface area (TPSA) is 55.6 Å². The molecule has 1 amide bonds. The van der Waals surface area contributed by atoms with Gasteiger partial charge in [-0.3, -0.25) is 4.79 Å². The Morgan fingerprint density at radius 2 is 2.16 bits per heavy atom. The molecule has 1 aromatic rings. The maximum absolute atomic E-state index is 12.4. The molecule has 0 aromatic heterocycles. The number of rotatable bonds is 7. The van der Waals surface area contributed by atoms with Crippen LogP contribution in [0.15, 0.2) is 24.3 Å². The van der Waals surface area contributed by atoms with Crippen LogP contribution in [0.5, 0.6) is 0 Å². The number of hydrogen-bond donors (Lipinski definition) is 1. The minimum absolute atomic E-state index is 0.0167. The Bertz CT molecular complexity index is 449. The molecule has 5 heteroatoms. The number of benzene rings is 1. The van der Waals surface area contributed by atoms with Crippen molar-refractivity contribution in [3.05, 3.63) is 35.4 Å². The molecule has 0 aliphatic rings. The minimum Gasteiger partial charge on any atom is -0.393 e. The van der Waals surface area contributed by atoms with E-state index in [0.717, 1.165) is 5.56 Å². The van der Waals surface area contributed by atoms with Crippen LogP contribution in [0.3, 0.4) is 0 Å². The van der Waals surface area contributed by atoms with E-state index in [1.165, 1.54) is 0 Å². The molecule has 0 saturated heterocycles. The minimum atomic E-state index is -0.0167. The van der Waals surface area contributed by atoms with Gasteiger partial charge in [0.05, 0.1) is 11.6 Å². The molecular formula is C14H20N2O2S. The molecule has 0 heterocycles. The first-order valence-electron chi connectivity index (χ1n) is 6.17. The lowest BCUT2D eigenvalue weighted by Gasteiger charge is -2.22. The van der Waals surface area contributed by atoms with Gasteiger partial charge in [0.2, 0.25) is 0 Å². The normalized spacial score (nSPS) is 10.2. The molecule has 4 nitrogen and oxygen atoms in total. The Labute approximate surface area is 119 Å². The van der Waals surface area contributed by atoms with Gasteiger partial charge in [0.25, 0.3) is 5.91 Å². The average molecular weight is 280 g/mol. The number of ether oxygens (including phenoxy) is 1. The van der Waals surface area contributed by atoms with Crippen molar-refractivity contribution in [1.82, 2.24) is 4.90 Å². The molecule has 1 aromatic carbocycles. The highest BCUT2D eigenvalue weighted by Gasteiger charge is 2.15. The number of amides is 1. The van der Waals surface area contributed by atoms with E-state index >= 15 is 0 Å². The quantitative estimate of drug-likeness (QED) is 0.773. The maximum atomic E-state index is 12.4. The lowest BCUT2D eigenvalue weighted by atomic mass is 10.1. The number of carbonyl (C=O) groups excluding carboxylic acids is 1. The summed E-state index contributed by atoms with van der Waals surface area (Å²) in [5.74, 6) is -0.0167. The van der Waals surface area contributed by atoms with Gasteiger partial charge < -0.3 is 15.4 Å². The molecule has 0 fully saturated rings. The number of aryl methyl sites for hydroxylation is 1. The van der Waals surface area contributed by atoms with Gasteiger partial charge in [0.1, 0.15) is 0 Å². The third-order valence-electron chi connectivity index (χ3n) is 2.75. The molecule has 0 aliphatic heterocycles. The second kappa shape index (κ2) is 7.86. The van der Waals surface area contributed by atoms with E-state index in [2.05, 4.69) is 0 Å². The highest BCUT2D eigenvalue weighted by Crippen LogP contribution is 2.08. The van der Waals surface area contributed by atoms with Gasteiger partial charge in [-0.2, -0.15) is 0 Å². The van der Waals surface area contributed by atoms with Gasteiger partial charge in [-0.05, 0) is 19.1 Å². The molecule has 0 radical (unpaired) electrons. The number of hydrogen-bond acceptors (Lipinski definition) is 3. The van der Waals surface area contributed by atoms with Crippen LogP contribution >= 0.6 is 12.2 Å². The molecule has 0 spiro atoms. The van der Waals surface area contributed by atoms with Crippen LogP contribution in [-0.2, 0) is 4.74 Å². The van der Waals surface area contributed by atoms with Crippen LogP contribution in [0.2, 0.25) is 0 Å². The van der Waals surface area contributed by atoms with Gasteiger partial charge in [0.15, 0.2) is 0 Å². The highest BCUT2D eigenvalue weighted by atomic mass is 32.1. The van der Waals surface area contributed by atoms with E-state index in [1.807, 2.05) is 31.2 Å². The fourth-order valence-electron chi connectivity index (χ4n) is 1.72. The Balaban J connectivity index is 2.77. The standard InChI is InChI=1S/C14H20N2O2S/c1-11-4-3-5-12(10-11)14(17)16(8-9-18-2)7-6-13(15)19/h3-5,10H,6-9H2,1-2H3,(H2,15,19). The number of methoxy groups -OCH3 is 1. The first-order chi connectivity index (χ1) is 9.04. The highest BCUT2D eigenvalue weighted by molar-refractivity contribution is 7.80. The zero-order valence-electron chi connectivity index (χ0n) is 11.4. The molecule has 1 rings (SSSR count). The summed E-state index contributed by atoms with van der Waals surface area (Å²) in [6.07, 6.45) is 0.524. The Morgan fingerprint density at radius 3 is 2.74 bits per heavy atom. The van der Waals surface area contributed by atoms with Crippen LogP contribution in [-0.4, -0.2) is 42.6 Å². The van der Waals surface area contributed by atoms with E-state index in [9.17, 15) is 4.79 Å². The van der Waals surface area contributed by atoms with E-state index < -0.39 is 0 Å². The van der Waals surface area contributed by atoms with Crippen molar-refractivity contribution in [3.63, 3.8) is 0 Å². The van der Waals surface area contributed by atoms with Gasteiger partial charge >= 0.3 is 0 Å². The summed E-state index contributed by atoms with van der Waals surface area (Å²) >= 11 is 4.86. The Morgan fingerprint density at radius 1 is 1.42 bits per heavy atom. The summed E-state index contributed by atoms with van der Waals surface area (Å²) in [6, 6.07) is 7.54. The number of nitrogens with two attached hydrogens (primary N) is 1. The second-order valence-electron chi connectivity index (χ2n) is 4.37. The average Bonchev–Trinajstić information content (AvgIpc) is 2.38. The lowest BCUT2D eigenvalue weighted by Crippen LogP contribution is -2.36. The van der Waals surface area contributed by atoms with Crippen molar-refractivity contribution in [1.29, 1.82) is 0 Å². The lowest BCUT2D eigenvalue weighted by molar-refractivity contribution is 0.0701. The number of nitrogens with zero attached hydrogens (tertiary/aromatic N) is 1. The zero-order valence-corrected chi connectivity index (χ0v) is 12.2. The van der Waals surface area contributed by atoms with Gasteiger partial charge in [-0.15, -0.1) is 0 Å². The fourth-order valence-corrected chi connectivity index (χ4v) is 1.81. The van der Waals surface area contributed by atoms with Crippen molar-refractivity contribution in [2.45, 2.75) is 13.3 Å². The van der Waals surface area contributed by atoms with Crippen LogP contribution in [0, 0.1) is 6.92 Å². The van der Waals surface area contributed by atoms with Crippen LogP contribution in [0.4, 0.5) is 0 Å². The summed E-state index contributed by atoms with van der Waals surface area (Å²) in [5.41, 5.74) is 7.24. The van der Waals surface area contributed by atoms with Gasteiger partial charge in [0, 0.05) is 32.2 Å². The SMILES string of the molecule is COCCN(CCC(N)=S)C(=O)c1cccc(C)c1. The zero-order chi connectivity index (χ0) is 14.3. The second-order valence-corrected chi connectivity index (χ2v) is 4.90. The first kappa shape index (κ1) is 15.6. The Hall–Kier alpha value is -1.46. The van der Waals surface area contributed by atoms with Crippen molar-refractivity contribution < 1.29 is 9.53 Å². The van der Waals surface area contributed by atoms with Crippen molar-refractivity contribution in [2.75, 3.05) is 26.8 Å². The van der Waals surface area contributed by atoms with Crippen LogP contribution in [0.1, 0.15) is 22.3 Å². The summed E-state index contributed by atoms with van der Waals surface area (Å²) in [5, 5.41) is 0. The molecule has 0 atom stereocenters.